The first-order valence-corrected chi connectivity index (χ1v) is 7.69. The maximum atomic E-state index is 5.66. The van der Waals surface area contributed by atoms with Crippen LogP contribution in [-0.4, -0.2) is 25.3 Å². The third-order valence-corrected chi connectivity index (χ3v) is 4.44. The minimum atomic E-state index is 0.625. The van der Waals surface area contributed by atoms with Gasteiger partial charge < -0.3 is 10.1 Å². The summed E-state index contributed by atoms with van der Waals surface area (Å²) in [5.41, 5.74) is 1.41. The van der Waals surface area contributed by atoms with Gasteiger partial charge in [-0.1, -0.05) is 28.1 Å². The van der Waals surface area contributed by atoms with E-state index in [9.17, 15) is 0 Å². The summed E-state index contributed by atoms with van der Waals surface area (Å²) in [5.74, 6) is 0.625. The van der Waals surface area contributed by atoms with E-state index in [2.05, 4.69) is 45.5 Å². The molecular formula is C15H20BrNO. The van der Waals surface area contributed by atoms with Crippen molar-refractivity contribution in [1.29, 1.82) is 0 Å². The Hall–Kier alpha value is -0.380. The van der Waals surface area contributed by atoms with Crippen molar-refractivity contribution in [2.75, 3.05) is 13.2 Å². The summed E-state index contributed by atoms with van der Waals surface area (Å²) >= 11 is 3.49. The monoisotopic (exact) mass is 309 g/mol. The largest absolute Gasteiger partial charge is 0.381 e. The Labute approximate surface area is 117 Å². The Morgan fingerprint density at radius 2 is 1.94 bits per heavy atom. The van der Waals surface area contributed by atoms with Gasteiger partial charge in [-0.2, -0.15) is 0 Å². The molecule has 2 nitrogen and oxygen atoms in total. The first kappa shape index (κ1) is 12.6. The normalized spacial score (nSPS) is 28.3. The lowest BCUT2D eigenvalue weighted by molar-refractivity contribution is 0.0316. The smallest absolute Gasteiger partial charge is 0.0512 e. The highest BCUT2D eigenvalue weighted by Gasteiger charge is 2.31. The molecule has 0 amide bonds. The van der Waals surface area contributed by atoms with E-state index in [4.69, 9.17) is 4.74 Å². The minimum absolute atomic E-state index is 0.625. The number of benzene rings is 1. The number of nitrogens with one attached hydrogen (secondary N) is 1. The van der Waals surface area contributed by atoms with Crippen LogP contribution in [0.2, 0.25) is 0 Å². The van der Waals surface area contributed by atoms with Crippen LogP contribution in [0.1, 0.15) is 24.8 Å². The molecule has 2 atom stereocenters. The second kappa shape index (κ2) is 5.72. The van der Waals surface area contributed by atoms with Gasteiger partial charge in [-0.25, -0.2) is 0 Å². The van der Waals surface area contributed by atoms with Crippen LogP contribution >= 0.6 is 15.9 Å². The molecule has 1 aliphatic carbocycles. The number of hydrogen-bond acceptors (Lipinski definition) is 2. The molecule has 1 saturated carbocycles. The molecule has 3 rings (SSSR count). The second-order valence-electron chi connectivity index (χ2n) is 5.50. The lowest BCUT2D eigenvalue weighted by Gasteiger charge is -2.32. The van der Waals surface area contributed by atoms with Crippen LogP contribution in [0.15, 0.2) is 28.7 Å². The number of halogens is 1. The van der Waals surface area contributed by atoms with Crippen molar-refractivity contribution in [2.24, 2.45) is 5.92 Å². The fourth-order valence-electron chi connectivity index (χ4n) is 2.69. The summed E-state index contributed by atoms with van der Waals surface area (Å²) in [6, 6.07) is 10.1. The number of hydrogen-bond donors (Lipinski definition) is 1. The Morgan fingerprint density at radius 3 is 2.67 bits per heavy atom. The highest BCUT2D eigenvalue weighted by atomic mass is 79.9. The molecule has 1 saturated heterocycles. The molecule has 0 aromatic heterocycles. The van der Waals surface area contributed by atoms with E-state index in [0.29, 0.717) is 12.0 Å². The van der Waals surface area contributed by atoms with Gasteiger partial charge in [0.1, 0.15) is 0 Å². The van der Waals surface area contributed by atoms with E-state index >= 15 is 0 Å². The first-order valence-electron chi connectivity index (χ1n) is 6.89. The van der Waals surface area contributed by atoms with E-state index in [-0.39, 0.29) is 0 Å². The highest BCUT2D eigenvalue weighted by Crippen LogP contribution is 2.26. The number of ether oxygens (including phenoxy) is 1. The fraction of sp³-hybridized carbons (Fsp3) is 0.600. The van der Waals surface area contributed by atoms with E-state index in [1.54, 1.807) is 0 Å². The van der Waals surface area contributed by atoms with Crippen LogP contribution in [0.25, 0.3) is 0 Å². The van der Waals surface area contributed by atoms with Gasteiger partial charge in [-0.15, -0.1) is 0 Å². The number of rotatable bonds is 4. The van der Waals surface area contributed by atoms with Crippen LogP contribution in [0.4, 0.5) is 0 Å². The molecule has 1 heterocycles. The highest BCUT2D eigenvalue weighted by molar-refractivity contribution is 9.10. The molecule has 0 spiro atoms. The van der Waals surface area contributed by atoms with Gasteiger partial charge in [-0.3, -0.25) is 0 Å². The molecule has 1 aromatic rings. The van der Waals surface area contributed by atoms with Crippen LogP contribution < -0.4 is 5.32 Å². The Morgan fingerprint density at radius 1 is 1.17 bits per heavy atom. The Bertz CT molecular complexity index is 388. The van der Waals surface area contributed by atoms with Crippen molar-refractivity contribution < 1.29 is 4.74 Å². The molecule has 3 heteroatoms. The maximum absolute atomic E-state index is 5.66. The van der Waals surface area contributed by atoms with Crippen molar-refractivity contribution in [1.82, 2.24) is 5.32 Å². The van der Waals surface area contributed by atoms with Crippen molar-refractivity contribution in [3.05, 3.63) is 34.3 Å². The Kier molecular flexibility index (Phi) is 4.02. The molecule has 98 valence electrons. The van der Waals surface area contributed by atoms with E-state index in [1.807, 2.05) is 0 Å². The van der Waals surface area contributed by atoms with Crippen LogP contribution in [0, 0.1) is 5.92 Å². The molecule has 2 fully saturated rings. The lowest BCUT2D eigenvalue weighted by atomic mass is 9.89. The quantitative estimate of drug-likeness (QED) is 0.922. The molecule has 0 bridgehead atoms. The van der Waals surface area contributed by atoms with E-state index in [1.165, 1.54) is 18.4 Å². The summed E-state index contributed by atoms with van der Waals surface area (Å²) in [6.07, 6.45) is 5.01. The molecular weight excluding hydrogens is 290 g/mol. The van der Waals surface area contributed by atoms with Crippen molar-refractivity contribution in [3.8, 4) is 0 Å². The third kappa shape index (κ3) is 3.34. The summed E-state index contributed by atoms with van der Waals surface area (Å²) < 4.78 is 6.81. The van der Waals surface area contributed by atoms with Crippen LogP contribution in [0.5, 0.6) is 0 Å². The minimum Gasteiger partial charge on any atom is -0.381 e. The van der Waals surface area contributed by atoms with Gasteiger partial charge in [0.2, 0.25) is 0 Å². The van der Waals surface area contributed by atoms with Crippen molar-refractivity contribution in [3.63, 3.8) is 0 Å². The van der Waals surface area contributed by atoms with Crippen LogP contribution in [0.3, 0.4) is 0 Å². The molecule has 0 radical (unpaired) electrons. The molecule has 1 N–H and O–H groups in total. The molecule has 1 aromatic carbocycles. The van der Waals surface area contributed by atoms with Crippen molar-refractivity contribution in [2.45, 2.75) is 37.8 Å². The average Bonchev–Trinajstić information content (AvgIpc) is 3.18. The molecule has 18 heavy (non-hydrogen) atoms. The van der Waals surface area contributed by atoms with E-state index in [0.717, 1.165) is 36.6 Å². The van der Waals surface area contributed by atoms with Gasteiger partial charge >= 0.3 is 0 Å². The topological polar surface area (TPSA) is 21.3 Å². The zero-order valence-corrected chi connectivity index (χ0v) is 12.2. The Balaban J connectivity index is 1.62. The summed E-state index contributed by atoms with van der Waals surface area (Å²) in [4.78, 5) is 0. The summed E-state index contributed by atoms with van der Waals surface area (Å²) in [6.45, 7) is 1.82. The van der Waals surface area contributed by atoms with Gasteiger partial charge in [0.05, 0.1) is 6.61 Å². The fourth-order valence-corrected chi connectivity index (χ4v) is 2.96. The zero-order valence-electron chi connectivity index (χ0n) is 10.6. The molecule has 1 aliphatic heterocycles. The standard InChI is InChI=1S/C15H20BrNO/c16-13-3-1-11(2-4-13)9-12-10-18-8-7-15(12)17-14-5-6-14/h1-4,12,14-15,17H,5-10H2. The first-order chi connectivity index (χ1) is 8.81. The van der Waals surface area contributed by atoms with Gasteiger partial charge in [0.25, 0.3) is 0 Å². The van der Waals surface area contributed by atoms with Gasteiger partial charge in [0.15, 0.2) is 0 Å². The average molecular weight is 310 g/mol. The van der Waals surface area contributed by atoms with Gasteiger partial charge in [-0.05, 0) is 43.4 Å². The summed E-state index contributed by atoms with van der Waals surface area (Å²) in [7, 11) is 0. The van der Waals surface area contributed by atoms with Gasteiger partial charge in [0, 0.05) is 29.1 Å². The lowest BCUT2D eigenvalue weighted by Crippen LogP contribution is -2.44. The molecule has 2 aliphatic rings. The predicted octanol–water partition coefficient (Wildman–Crippen LogP) is 3.15. The second-order valence-corrected chi connectivity index (χ2v) is 6.42. The predicted molar refractivity (Wildman–Crippen MR) is 76.7 cm³/mol. The zero-order chi connectivity index (χ0) is 12.4. The van der Waals surface area contributed by atoms with Crippen molar-refractivity contribution >= 4 is 15.9 Å². The molecule has 2 unspecified atom stereocenters. The summed E-state index contributed by atoms with van der Waals surface area (Å²) in [5, 5.41) is 3.79. The van der Waals surface area contributed by atoms with E-state index < -0.39 is 0 Å². The third-order valence-electron chi connectivity index (χ3n) is 3.91. The SMILES string of the molecule is Brc1ccc(CC2COCCC2NC2CC2)cc1. The maximum Gasteiger partial charge on any atom is 0.0512 e. The van der Waals surface area contributed by atoms with Crippen LogP contribution in [-0.2, 0) is 11.2 Å².